The maximum atomic E-state index is 9.60. The number of isocyanates is 1. The number of hydrogen-bond donors (Lipinski definition) is 2. The number of primary amides is 1. The summed E-state index contributed by atoms with van der Waals surface area (Å²) in [6.45, 7) is 4.11. The minimum absolute atomic E-state index is 0.356. The number of carbonyl (C=O) groups excluding carboxylic acids is 2. The van der Waals surface area contributed by atoms with Gasteiger partial charge in [-0.1, -0.05) is 0 Å². The molecule has 1 saturated heterocycles. The molecule has 1 heterocycles. The lowest BCUT2D eigenvalue weighted by molar-refractivity contribution is 0.0692. The van der Waals surface area contributed by atoms with Gasteiger partial charge in [-0.3, -0.25) is 0 Å². The van der Waals surface area contributed by atoms with Gasteiger partial charge in [-0.15, -0.1) is 0 Å². The average molecular weight is 206 g/mol. The molecule has 0 aromatic heterocycles. The fourth-order valence-electron chi connectivity index (χ4n) is 0.437. The van der Waals surface area contributed by atoms with E-state index in [0.717, 1.165) is 19.3 Å². The van der Waals surface area contributed by atoms with Gasteiger partial charge in [0, 0.05) is 0 Å². The van der Waals surface area contributed by atoms with Crippen molar-refractivity contribution in [1.29, 1.82) is 5.41 Å². The van der Waals surface area contributed by atoms with Gasteiger partial charge in [0.2, 0.25) is 6.08 Å². The lowest BCUT2D eigenvalue weighted by Crippen LogP contribution is -2.11. The smallest absolute Gasteiger partial charge is 0.404 e. The van der Waals surface area contributed by atoms with Crippen molar-refractivity contribution in [3.8, 4) is 0 Å². The minimum Gasteiger partial charge on any atom is -0.450 e. The SMILES string of the molecule is C1COCO1.CCOC(N)=O.N=C=O. The maximum Gasteiger partial charge on any atom is 0.404 e. The van der Waals surface area contributed by atoms with Gasteiger partial charge < -0.3 is 19.9 Å². The molecular weight excluding hydrogens is 192 g/mol. The summed E-state index contributed by atoms with van der Waals surface area (Å²) in [5.41, 5.74) is 4.54. The van der Waals surface area contributed by atoms with Gasteiger partial charge in [0.25, 0.3) is 0 Å². The van der Waals surface area contributed by atoms with E-state index in [4.69, 9.17) is 19.7 Å². The van der Waals surface area contributed by atoms with Gasteiger partial charge in [0.15, 0.2) is 0 Å². The van der Waals surface area contributed by atoms with E-state index in [1.807, 2.05) is 0 Å². The Balaban J connectivity index is 0. The molecule has 1 rings (SSSR count). The van der Waals surface area contributed by atoms with E-state index in [0.29, 0.717) is 13.4 Å². The molecule has 0 spiro atoms. The van der Waals surface area contributed by atoms with Gasteiger partial charge in [0.05, 0.1) is 19.8 Å². The Morgan fingerprint density at radius 3 is 2.07 bits per heavy atom. The summed E-state index contributed by atoms with van der Waals surface area (Å²) in [5, 5.41) is 5.40. The van der Waals surface area contributed by atoms with E-state index >= 15 is 0 Å². The minimum atomic E-state index is -0.711. The van der Waals surface area contributed by atoms with Crippen molar-refractivity contribution in [2.24, 2.45) is 5.73 Å². The Hall–Kier alpha value is -1.43. The summed E-state index contributed by atoms with van der Waals surface area (Å²) in [7, 11) is 0. The summed E-state index contributed by atoms with van der Waals surface area (Å²) in [6.07, 6.45) is 0.0394. The number of carbonyl (C=O) groups is 1. The second-order valence-electron chi connectivity index (χ2n) is 1.79. The zero-order valence-corrected chi connectivity index (χ0v) is 7.95. The van der Waals surface area contributed by atoms with Crippen LogP contribution >= 0.6 is 0 Å². The zero-order chi connectivity index (χ0) is 11.2. The van der Waals surface area contributed by atoms with Crippen molar-refractivity contribution in [3.05, 3.63) is 0 Å². The standard InChI is InChI=1S/C3H7NO2.C3H6O2.CHNO/c1-2-6-3(4)5;1-2-5-3-4-1;2-1-3/h2H2,1H3,(H2,4,5);1-3H2;2H. The molecule has 0 bridgehead atoms. The highest BCUT2D eigenvalue weighted by atomic mass is 16.7. The fourth-order valence-corrected chi connectivity index (χ4v) is 0.437. The molecule has 3 N–H and O–H groups in total. The largest absolute Gasteiger partial charge is 0.450 e. The molecule has 1 aliphatic heterocycles. The normalized spacial score (nSPS) is 12.4. The Kier molecular flexibility index (Phi) is 15.2. The summed E-state index contributed by atoms with van der Waals surface area (Å²) >= 11 is 0. The number of rotatable bonds is 1. The molecule has 0 atom stereocenters. The highest BCUT2D eigenvalue weighted by Crippen LogP contribution is 1.85. The summed E-state index contributed by atoms with van der Waals surface area (Å²) in [4.78, 5) is 17.9. The van der Waals surface area contributed by atoms with E-state index < -0.39 is 6.09 Å². The average Bonchev–Trinajstić information content (AvgIpc) is 2.61. The van der Waals surface area contributed by atoms with Crippen LogP contribution in [-0.2, 0) is 19.0 Å². The van der Waals surface area contributed by atoms with E-state index in [2.05, 4.69) is 10.5 Å². The molecule has 7 nitrogen and oxygen atoms in total. The Morgan fingerprint density at radius 1 is 1.57 bits per heavy atom. The predicted molar refractivity (Wildman–Crippen MR) is 46.4 cm³/mol. The van der Waals surface area contributed by atoms with E-state index in [-0.39, 0.29) is 0 Å². The summed E-state index contributed by atoms with van der Waals surface area (Å²) in [5.74, 6) is 0. The number of ether oxygens (including phenoxy) is 3. The lowest BCUT2D eigenvalue weighted by atomic mass is 10.8. The number of nitrogens with two attached hydrogens (primary N) is 1. The third-order valence-corrected chi connectivity index (χ3v) is 0.825. The second-order valence-corrected chi connectivity index (χ2v) is 1.79. The Labute approximate surface area is 81.6 Å². The van der Waals surface area contributed by atoms with Crippen LogP contribution in [0.4, 0.5) is 4.79 Å². The van der Waals surface area contributed by atoms with Gasteiger partial charge in [-0.05, 0) is 6.92 Å². The zero-order valence-electron chi connectivity index (χ0n) is 7.95. The molecule has 0 saturated carbocycles. The number of amides is 1. The first-order valence-electron chi connectivity index (χ1n) is 3.80. The monoisotopic (exact) mass is 206 g/mol. The first-order valence-corrected chi connectivity index (χ1v) is 3.80. The van der Waals surface area contributed by atoms with Crippen molar-refractivity contribution in [2.75, 3.05) is 26.6 Å². The molecule has 0 aromatic rings. The molecular formula is C7H14N2O5. The molecule has 1 fully saturated rings. The van der Waals surface area contributed by atoms with Crippen LogP contribution in [0.3, 0.4) is 0 Å². The van der Waals surface area contributed by atoms with Crippen LogP contribution < -0.4 is 5.73 Å². The maximum absolute atomic E-state index is 9.60. The van der Waals surface area contributed by atoms with Crippen LogP contribution in [0.15, 0.2) is 0 Å². The predicted octanol–water partition coefficient (Wildman–Crippen LogP) is -0.00673. The number of hydrogen-bond acceptors (Lipinski definition) is 6. The highest BCUT2D eigenvalue weighted by Gasteiger charge is 1.93. The lowest BCUT2D eigenvalue weighted by Gasteiger charge is -1.89. The molecule has 0 aromatic carbocycles. The Bertz CT molecular complexity index is 156. The molecule has 1 aliphatic rings. The van der Waals surface area contributed by atoms with Gasteiger partial charge >= 0.3 is 6.09 Å². The van der Waals surface area contributed by atoms with Crippen LogP contribution in [0.5, 0.6) is 0 Å². The quantitative estimate of drug-likeness (QED) is 0.463. The second kappa shape index (κ2) is 14.1. The van der Waals surface area contributed by atoms with Crippen molar-refractivity contribution in [2.45, 2.75) is 6.92 Å². The molecule has 7 heteroatoms. The fraction of sp³-hybridized carbons (Fsp3) is 0.714. The van der Waals surface area contributed by atoms with Crippen LogP contribution in [0.1, 0.15) is 6.92 Å². The molecule has 0 aliphatic carbocycles. The summed E-state index contributed by atoms with van der Waals surface area (Å²) < 4.78 is 13.6. The van der Waals surface area contributed by atoms with E-state index in [1.165, 1.54) is 0 Å². The first kappa shape index (κ1) is 15.1. The van der Waals surface area contributed by atoms with Crippen LogP contribution in [0.25, 0.3) is 0 Å². The van der Waals surface area contributed by atoms with Gasteiger partial charge in [0.1, 0.15) is 6.79 Å². The van der Waals surface area contributed by atoms with Gasteiger partial charge in [-0.2, -0.15) is 0 Å². The van der Waals surface area contributed by atoms with E-state index in [9.17, 15) is 4.79 Å². The Morgan fingerprint density at radius 2 is 2.00 bits per heavy atom. The molecule has 82 valence electrons. The highest BCUT2D eigenvalue weighted by molar-refractivity contribution is 5.64. The van der Waals surface area contributed by atoms with Crippen LogP contribution in [0.2, 0.25) is 0 Å². The molecule has 0 unspecified atom stereocenters. The molecule has 14 heavy (non-hydrogen) atoms. The van der Waals surface area contributed by atoms with Crippen LogP contribution in [-0.4, -0.2) is 38.8 Å². The molecule has 0 radical (unpaired) electrons. The van der Waals surface area contributed by atoms with Gasteiger partial charge in [-0.25, -0.2) is 15.0 Å². The molecule has 1 amide bonds. The van der Waals surface area contributed by atoms with Crippen LogP contribution in [0, 0.1) is 5.41 Å². The topological polar surface area (TPSA) is 112 Å². The summed E-state index contributed by atoms with van der Waals surface area (Å²) in [6, 6.07) is 0. The number of nitrogens with one attached hydrogen (secondary N) is 1. The third-order valence-electron chi connectivity index (χ3n) is 0.825. The van der Waals surface area contributed by atoms with E-state index in [1.54, 1.807) is 6.92 Å². The van der Waals surface area contributed by atoms with Crippen molar-refractivity contribution in [1.82, 2.24) is 0 Å². The first-order chi connectivity index (χ1) is 6.68. The van der Waals surface area contributed by atoms with Crippen molar-refractivity contribution >= 4 is 12.2 Å². The third kappa shape index (κ3) is 22.4. The van der Waals surface area contributed by atoms with Crippen molar-refractivity contribution < 1.29 is 23.8 Å². The van der Waals surface area contributed by atoms with Crippen molar-refractivity contribution in [3.63, 3.8) is 0 Å².